The van der Waals surface area contributed by atoms with Crippen molar-refractivity contribution in [2.45, 2.75) is 13.0 Å². The predicted octanol–water partition coefficient (Wildman–Crippen LogP) is 4.30. The SMILES string of the molecule is [2H]Cn1ncc(-c2cnc(N)c(-c3ccc(C(=O)N[C@H](CO)c4cccc(Cl)c4)c(F)c3)c2)c1C. The maximum Gasteiger partial charge on any atom is 0.254 e. The molecule has 174 valence electrons. The van der Waals surface area contributed by atoms with E-state index in [1.165, 1.54) is 12.1 Å². The van der Waals surface area contributed by atoms with E-state index in [1.54, 1.807) is 53.5 Å². The number of hydrogen-bond acceptors (Lipinski definition) is 5. The molecule has 0 aliphatic heterocycles. The molecular weight excluding hydrogens is 457 g/mol. The zero-order chi connectivity index (χ0) is 25.1. The lowest BCUT2D eigenvalue weighted by molar-refractivity contribution is 0.0912. The number of nitrogens with zero attached hydrogens (tertiary/aromatic N) is 3. The van der Waals surface area contributed by atoms with Crippen molar-refractivity contribution in [2.24, 2.45) is 7.02 Å². The van der Waals surface area contributed by atoms with Crippen LogP contribution in [0.1, 0.15) is 29.0 Å². The van der Waals surface area contributed by atoms with Crippen molar-refractivity contribution in [1.29, 1.82) is 0 Å². The lowest BCUT2D eigenvalue weighted by Crippen LogP contribution is -2.31. The second-order valence-corrected chi connectivity index (χ2v) is 8.19. The molecule has 4 N–H and O–H groups in total. The first kappa shape index (κ1) is 22.1. The molecule has 2 aromatic carbocycles. The average molecular weight is 481 g/mol. The predicted molar refractivity (Wildman–Crippen MR) is 130 cm³/mol. The summed E-state index contributed by atoms with van der Waals surface area (Å²) in [6, 6.07) is 11.9. The van der Waals surface area contributed by atoms with Gasteiger partial charge in [0.15, 0.2) is 0 Å². The fourth-order valence-electron chi connectivity index (χ4n) is 3.64. The second kappa shape index (κ2) is 9.62. The summed E-state index contributed by atoms with van der Waals surface area (Å²) in [5.41, 5.74) is 9.76. The van der Waals surface area contributed by atoms with Gasteiger partial charge in [-0.3, -0.25) is 9.48 Å². The molecule has 0 saturated heterocycles. The molecule has 0 unspecified atom stereocenters. The van der Waals surface area contributed by atoms with Crippen LogP contribution < -0.4 is 11.1 Å². The van der Waals surface area contributed by atoms with E-state index >= 15 is 4.39 Å². The molecule has 0 radical (unpaired) electrons. The third kappa shape index (κ3) is 4.64. The van der Waals surface area contributed by atoms with Crippen molar-refractivity contribution in [3.63, 3.8) is 0 Å². The molecule has 0 saturated carbocycles. The number of aryl methyl sites for hydroxylation is 1. The van der Waals surface area contributed by atoms with E-state index in [0.29, 0.717) is 21.7 Å². The number of anilines is 1. The molecule has 0 aliphatic carbocycles. The minimum Gasteiger partial charge on any atom is -0.394 e. The van der Waals surface area contributed by atoms with E-state index in [0.717, 1.165) is 16.8 Å². The summed E-state index contributed by atoms with van der Waals surface area (Å²) in [6.07, 6.45) is 3.24. The molecule has 0 bridgehead atoms. The Morgan fingerprint density at radius 1 is 1.24 bits per heavy atom. The molecule has 0 fully saturated rings. The van der Waals surface area contributed by atoms with Gasteiger partial charge in [0.05, 0.1) is 24.4 Å². The largest absolute Gasteiger partial charge is 0.394 e. The van der Waals surface area contributed by atoms with E-state index < -0.39 is 17.8 Å². The Bertz CT molecular complexity index is 1390. The number of nitrogens with one attached hydrogen (secondary N) is 1. The zero-order valence-electron chi connectivity index (χ0n) is 19.3. The van der Waals surface area contributed by atoms with Crippen LogP contribution in [0.2, 0.25) is 5.02 Å². The molecule has 1 amide bonds. The molecule has 7 nitrogen and oxygen atoms in total. The quantitative estimate of drug-likeness (QED) is 0.381. The highest BCUT2D eigenvalue weighted by Crippen LogP contribution is 2.32. The van der Waals surface area contributed by atoms with Crippen molar-refractivity contribution in [3.8, 4) is 22.3 Å². The highest BCUT2D eigenvalue weighted by Gasteiger charge is 2.19. The van der Waals surface area contributed by atoms with E-state index in [2.05, 4.69) is 15.4 Å². The van der Waals surface area contributed by atoms with Gasteiger partial charge < -0.3 is 16.2 Å². The van der Waals surface area contributed by atoms with Crippen molar-refractivity contribution in [2.75, 3.05) is 12.3 Å². The fourth-order valence-corrected chi connectivity index (χ4v) is 3.84. The number of nitrogen functional groups attached to an aromatic ring is 1. The highest BCUT2D eigenvalue weighted by molar-refractivity contribution is 6.30. The lowest BCUT2D eigenvalue weighted by atomic mass is 9.99. The summed E-state index contributed by atoms with van der Waals surface area (Å²) >= 11 is 6.00. The standard InChI is InChI=1S/C25H23ClFN5O2/c1-14-21(12-30-32(14)2)17-9-20(24(28)29-11-17)15-6-7-19(22(27)10-15)25(34)31-23(13-33)16-4-3-5-18(26)8-16/h3-12,23,33H,13H2,1-2H3,(H2,28,29)(H,31,34)/t23-/m1/s1/i2D. The first-order valence-electron chi connectivity index (χ1n) is 11.1. The normalized spacial score (nSPS) is 12.3. The maximum absolute atomic E-state index is 15.0. The van der Waals surface area contributed by atoms with Gasteiger partial charge in [0, 0.05) is 42.0 Å². The number of carbonyl (C=O) groups excluding carboxylic acids is 1. The molecule has 4 rings (SSSR count). The third-order valence-electron chi connectivity index (χ3n) is 5.60. The van der Waals surface area contributed by atoms with Crippen molar-refractivity contribution >= 4 is 23.3 Å². The van der Waals surface area contributed by atoms with E-state index in [-0.39, 0.29) is 25.0 Å². The molecule has 9 heteroatoms. The van der Waals surface area contributed by atoms with E-state index in [9.17, 15) is 9.90 Å². The summed E-state index contributed by atoms with van der Waals surface area (Å²) in [5.74, 6) is -1.21. The van der Waals surface area contributed by atoms with Gasteiger partial charge in [-0.15, -0.1) is 0 Å². The van der Waals surface area contributed by atoms with Gasteiger partial charge in [0.25, 0.3) is 5.91 Å². The first-order valence-corrected chi connectivity index (χ1v) is 10.7. The molecule has 0 spiro atoms. The van der Waals surface area contributed by atoms with Gasteiger partial charge in [0.2, 0.25) is 0 Å². The molecule has 0 aliphatic rings. The molecule has 34 heavy (non-hydrogen) atoms. The summed E-state index contributed by atoms with van der Waals surface area (Å²) in [5, 5.41) is 17.0. The van der Waals surface area contributed by atoms with Crippen LogP contribution in [-0.4, -0.2) is 32.4 Å². The topological polar surface area (TPSA) is 106 Å². The third-order valence-corrected chi connectivity index (χ3v) is 5.83. The first-order chi connectivity index (χ1) is 16.8. The van der Waals surface area contributed by atoms with Gasteiger partial charge >= 0.3 is 0 Å². The Balaban J connectivity index is 1.61. The minimum atomic E-state index is -0.746. The van der Waals surface area contributed by atoms with Crippen molar-refractivity contribution in [3.05, 3.63) is 88.6 Å². The number of rotatable bonds is 6. The number of nitrogens with two attached hydrogens (primary N) is 1. The van der Waals surface area contributed by atoms with E-state index in [1.807, 2.05) is 6.92 Å². The number of hydrogen-bond donors (Lipinski definition) is 3. The van der Waals surface area contributed by atoms with Gasteiger partial charge in [-0.1, -0.05) is 29.8 Å². The lowest BCUT2D eigenvalue weighted by Gasteiger charge is -2.17. The van der Waals surface area contributed by atoms with Crippen LogP contribution in [0, 0.1) is 12.7 Å². The van der Waals surface area contributed by atoms with Gasteiger partial charge in [0.1, 0.15) is 11.6 Å². The number of halogens is 2. The Morgan fingerprint density at radius 3 is 2.74 bits per heavy atom. The molecular formula is C25H23ClFN5O2. The van der Waals surface area contributed by atoms with Crippen LogP contribution >= 0.6 is 11.6 Å². The number of aliphatic hydroxyl groups is 1. The number of carbonyl (C=O) groups is 1. The molecule has 4 aromatic rings. The van der Waals surface area contributed by atoms with Crippen molar-refractivity contribution < 1.29 is 15.7 Å². The molecule has 2 heterocycles. The van der Waals surface area contributed by atoms with Crippen LogP contribution in [0.25, 0.3) is 22.3 Å². The summed E-state index contributed by atoms with van der Waals surface area (Å²) in [4.78, 5) is 17.0. The maximum atomic E-state index is 15.0. The Morgan fingerprint density at radius 2 is 2.06 bits per heavy atom. The Hall–Kier alpha value is -3.75. The number of aliphatic hydroxyl groups excluding tert-OH is 1. The molecule has 2 aromatic heterocycles. The smallest absolute Gasteiger partial charge is 0.254 e. The van der Waals surface area contributed by atoms with Gasteiger partial charge in [-0.25, -0.2) is 9.37 Å². The summed E-state index contributed by atoms with van der Waals surface area (Å²) < 4.78 is 24.1. The number of pyridine rings is 1. The second-order valence-electron chi connectivity index (χ2n) is 7.76. The Kier molecular flexibility index (Phi) is 6.24. The minimum absolute atomic E-state index is 0.00964. The fraction of sp³-hybridized carbons (Fsp3) is 0.160. The van der Waals surface area contributed by atoms with Crippen LogP contribution in [0.5, 0.6) is 0 Å². The van der Waals surface area contributed by atoms with E-state index in [4.69, 9.17) is 18.7 Å². The van der Waals surface area contributed by atoms with Gasteiger partial charge in [-0.05, 0) is 48.4 Å². The number of amides is 1. The summed E-state index contributed by atoms with van der Waals surface area (Å²) in [6.45, 7) is 1.47. The zero-order valence-corrected chi connectivity index (χ0v) is 19.1. The van der Waals surface area contributed by atoms with Crippen LogP contribution in [0.15, 0.2) is 60.9 Å². The number of aromatic nitrogens is 3. The van der Waals surface area contributed by atoms with Gasteiger partial charge in [-0.2, -0.15) is 5.10 Å². The van der Waals surface area contributed by atoms with Crippen molar-refractivity contribution in [1.82, 2.24) is 20.1 Å². The van der Waals surface area contributed by atoms with Crippen LogP contribution in [-0.2, 0) is 7.02 Å². The average Bonchev–Trinajstić information content (AvgIpc) is 3.22. The van der Waals surface area contributed by atoms with Crippen LogP contribution in [0.4, 0.5) is 10.2 Å². The number of benzene rings is 2. The monoisotopic (exact) mass is 480 g/mol. The van der Waals surface area contributed by atoms with Crippen LogP contribution in [0.3, 0.4) is 0 Å². The Labute approximate surface area is 202 Å². The highest BCUT2D eigenvalue weighted by atomic mass is 35.5. The summed E-state index contributed by atoms with van der Waals surface area (Å²) in [7, 11) is -0.00964. The molecule has 1 atom stereocenters.